The van der Waals surface area contributed by atoms with Gasteiger partial charge in [-0.2, -0.15) is 0 Å². The highest BCUT2D eigenvalue weighted by Gasteiger charge is 2.56. The van der Waals surface area contributed by atoms with Crippen molar-refractivity contribution in [2.24, 2.45) is 16.2 Å². The monoisotopic (exact) mass is 792 g/mol. The number of rotatable bonds is 18. The third kappa shape index (κ3) is 10.3. The van der Waals surface area contributed by atoms with Crippen LogP contribution in [0.4, 0.5) is 0 Å². The van der Waals surface area contributed by atoms with Crippen LogP contribution in [0.5, 0.6) is 0 Å². The minimum absolute atomic E-state index is 0.0162. The second-order valence-corrected chi connectivity index (χ2v) is 14.9. The summed E-state index contributed by atoms with van der Waals surface area (Å²) < 4.78 is 32.6. The first-order valence-electron chi connectivity index (χ1n) is 19.9. The Labute approximate surface area is 337 Å². The zero-order chi connectivity index (χ0) is 42.6. The Balaban J connectivity index is 2.26. The van der Waals surface area contributed by atoms with Gasteiger partial charge in [-0.1, -0.05) is 47.6 Å². The Morgan fingerprint density at radius 1 is 0.368 bits per heavy atom. The number of carbonyl (C=O) groups excluding carboxylic acids is 6. The molecule has 57 heavy (non-hydrogen) atoms. The Morgan fingerprint density at radius 2 is 0.544 bits per heavy atom. The van der Waals surface area contributed by atoms with Gasteiger partial charge in [-0.3, -0.25) is 28.8 Å². The highest BCUT2D eigenvalue weighted by molar-refractivity contribution is 6.03. The predicted octanol–water partition coefficient (Wildman–Crippen LogP) is 7.64. The van der Waals surface area contributed by atoms with Gasteiger partial charge in [0, 0.05) is 0 Å². The second kappa shape index (κ2) is 20.4. The van der Waals surface area contributed by atoms with Gasteiger partial charge < -0.3 is 28.4 Å². The summed E-state index contributed by atoms with van der Waals surface area (Å²) in [6.07, 6.45) is 11.1. The molecule has 0 aromatic rings. The maximum absolute atomic E-state index is 13.7. The first-order chi connectivity index (χ1) is 27.0. The first kappa shape index (κ1) is 46.4. The molecular formula is C45H60O12. The third-order valence-electron chi connectivity index (χ3n) is 10.1. The van der Waals surface area contributed by atoms with Gasteiger partial charge in [0.2, 0.25) is 0 Å². The van der Waals surface area contributed by atoms with Crippen LogP contribution in [0, 0.1) is 16.2 Å². The molecule has 12 heteroatoms. The first-order valence-corrected chi connectivity index (χ1v) is 19.9. The van der Waals surface area contributed by atoms with E-state index in [1.165, 1.54) is 0 Å². The molecule has 0 aromatic heterocycles. The number of ether oxygens (including phenoxy) is 6. The number of hydrogen-bond acceptors (Lipinski definition) is 12. The molecule has 3 rings (SSSR count). The molecule has 0 aromatic carbocycles. The summed E-state index contributed by atoms with van der Waals surface area (Å²) in [5.41, 5.74) is 1.16. The van der Waals surface area contributed by atoms with E-state index in [9.17, 15) is 28.8 Å². The molecule has 0 saturated carbocycles. The molecule has 12 nitrogen and oxygen atoms in total. The summed E-state index contributed by atoms with van der Waals surface area (Å²) in [4.78, 5) is 81.3. The number of hydrogen-bond donors (Lipinski definition) is 0. The smallest absolute Gasteiger partial charge is 0.324 e. The minimum atomic E-state index is -1.69. The molecule has 0 bridgehead atoms. The lowest BCUT2D eigenvalue weighted by atomic mass is 9.83. The normalized spacial score (nSPS) is 18.1. The van der Waals surface area contributed by atoms with Gasteiger partial charge in [0.25, 0.3) is 0 Å². The van der Waals surface area contributed by atoms with Crippen molar-refractivity contribution < 1.29 is 57.2 Å². The van der Waals surface area contributed by atoms with E-state index in [1.807, 2.05) is 39.8 Å². The second-order valence-electron chi connectivity index (χ2n) is 14.9. The van der Waals surface area contributed by atoms with Crippen LogP contribution in [0.15, 0.2) is 81.0 Å². The van der Waals surface area contributed by atoms with Crippen molar-refractivity contribution in [3.63, 3.8) is 0 Å². The summed E-state index contributed by atoms with van der Waals surface area (Å²) in [6.45, 7) is 18.1. The zero-order valence-electron chi connectivity index (χ0n) is 35.3. The average molecular weight is 793 g/mol. The topological polar surface area (TPSA) is 158 Å². The fourth-order valence-corrected chi connectivity index (χ4v) is 7.60. The molecule has 0 atom stereocenters. The largest absolute Gasteiger partial charge is 0.465 e. The molecule has 0 amide bonds. The highest BCUT2D eigenvalue weighted by Crippen LogP contribution is 2.50. The fraction of sp³-hybridized carbons (Fsp3) is 0.556. The van der Waals surface area contributed by atoms with E-state index in [1.54, 1.807) is 65.8 Å². The SMILES string of the molecule is CCOC(=O)C1(C(=O)OCC)CC(C=C(C)C)=C(/C=C/C2=C(/C=C/C3=C(C=C(C)C)CC(C(=O)OCC)(C(=O)OCC)C3)CC(C(=O)OCC)(C(=O)OCC)C2)C1. The minimum Gasteiger partial charge on any atom is -0.465 e. The van der Waals surface area contributed by atoms with Crippen molar-refractivity contribution in [3.8, 4) is 0 Å². The maximum Gasteiger partial charge on any atom is 0.324 e. The van der Waals surface area contributed by atoms with E-state index >= 15 is 0 Å². The van der Waals surface area contributed by atoms with Crippen molar-refractivity contribution >= 4 is 35.8 Å². The van der Waals surface area contributed by atoms with E-state index in [0.29, 0.717) is 22.3 Å². The van der Waals surface area contributed by atoms with Crippen molar-refractivity contribution in [1.29, 1.82) is 0 Å². The third-order valence-corrected chi connectivity index (χ3v) is 10.1. The van der Waals surface area contributed by atoms with Gasteiger partial charge in [-0.05, 0) is 141 Å². The van der Waals surface area contributed by atoms with Crippen LogP contribution >= 0.6 is 0 Å². The molecular weight excluding hydrogens is 732 g/mol. The Kier molecular flexibility index (Phi) is 16.6. The lowest BCUT2D eigenvalue weighted by Gasteiger charge is -2.25. The van der Waals surface area contributed by atoms with Crippen molar-refractivity contribution in [2.45, 2.75) is 108 Å². The van der Waals surface area contributed by atoms with E-state index in [0.717, 1.165) is 22.3 Å². The lowest BCUT2D eigenvalue weighted by molar-refractivity contribution is -0.173. The predicted molar refractivity (Wildman–Crippen MR) is 213 cm³/mol. The van der Waals surface area contributed by atoms with Crippen LogP contribution in [-0.2, 0) is 57.2 Å². The van der Waals surface area contributed by atoms with Crippen LogP contribution < -0.4 is 0 Å². The molecule has 3 aliphatic rings. The van der Waals surface area contributed by atoms with Gasteiger partial charge >= 0.3 is 35.8 Å². The van der Waals surface area contributed by atoms with Gasteiger partial charge in [-0.15, -0.1) is 0 Å². The summed E-state index contributed by atoms with van der Waals surface area (Å²) in [6, 6.07) is 0. The highest BCUT2D eigenvalue weighted by atomic mass is 16.6. The molecule has 3 aliphatic carbocycles. The van der Waals surface area contributed by atoms with Crippen molar-refractivity contribution in [1.82, 2.24) is 0 Å². The molecule has 0 fully saturated rings. The molecule has 0 saturated heterocycles. The van der Waals surface area contributed by atoms with Gasteiger partial charge in [0.1, 0.15) is 0 Å². The van der Waals surface area contributed by atoms with E-state index in [4.69, 9.17) is 28.4 Å². The molecule has 0 N–H and O–H groups in total. The molecule has 0 unspecified atom stereocenters. The maximum atomic E-state index is 13.7. The van der Waals surface area contributed by atoms with E-state index in [-0.39, 0.29) is 78.2 Å². The Bertz CT molecular complexity index is 1640. The molecule has 0 aliphatic heterocycles. The van der Waals surface area contributed by atoms with Crippen molar-refractivity contribution in [3.05, 3.63) is 81.0 Å². The number of esters is 6. The lowest BCUT2D eigenvalue weighted by Crippen LogP contribution is -2.40. The Hall–Kier alpha value is -5.00. The molecule has 0 radical (unpaired) electrons. The quantitative estimate of drug-likeness (QED) is 0.0760. The summed E-state index contributed by atoms with van der Waals surface area (Å²) >= 11 is 0. The Morgan fingerprint density at radius 3 is 0.719 bits per heavy atom. The summed E-state index contributed by atoms with van der Waals surface area (Å²) in [5, 5.41) is 0. The molecule has 0 spiro atoms. The number of allylic oxidation sites excluding steroid dienone is 14. The molecule has 312 valence electrons. The van der Waals surface area contributed by atoms with E-state index < -0.39 is 52.1 Å². The average Bonchev–Trinajstić information content (AvgIpc) is 3.83. The summed E-state index contributed by atoms with van der Waals surface area (Å²) in [7, 11) is 0. The van der Waals surface area contributed by atoms with Gasteiger partial charge in [0.15, 0.2) is 16.2 Å². The van der Waals surface area contributed by atoms with Crippen molar-refractivity contribution in [2.75, 3.05) is 39.6 Å². The van der Waals surface area contributed by atoms with Crippen LogP contribution in [0.25, 0.3) is 0 Å². The fourth-order valence-electron chi connectivity index (χ4n) is 7.60. The van der Waals surface area contributed by atoms with Gasteiger partial charge in [0.05, 0.1) is 39.6 Å². The van der Waals surface area contributed by atoms with Crippen LogP contribution in [0.1, 0.15) is 108 Å². The van der Waals surface area contributed by atoms with Crippen LogP contribution in [0.2, 0.25) is 0 Å². The van der Waals surface area contributed by atoms with Crippen LogP contribution in [-0.4, -0.2) is 75.5 Å². The zero-order valence-corrected chi connectivity index (χ0v) is 35.3. The number of carbonyl (C=O) groups is 6. The van der Waals surface area contributed by atoms with Crippen LogP contribution in [0.3, 0.4) is 0 Å². The van der Waals surface area contributed by atoms with E-state index in [2.05, 4.69) is 0 Å². The molecule has 0 heterocycles. The standard InChI is InChI=1S/C45H60O12/c1-11-52-37(46)43(38(47)53-12-2)23-31(17-19-33-25-44(39(48)54-13-3,40(49)55-14-4)27-35(33)21-29(7)8)32(24-43)18-20-34-26-45(41(50)56-15-5,42(51)57-16-6)28-36(34)22-30(9)10/h17-22H,11-16,23-28H2,1-10H3/b19-17+,20-18+. The van der Waals surface area contributed by atoms with Gasteiger partial charge in [-0.25, -0.2) is 0 Å². The summed E-state index contributed by atoms with van der Waals surface area (Å²) in [5.74, 6) is -4.12.